The molecule has 6 nitrogen and oxygen atoms in total. The first-order chi connectivity index (χ1) is 15.6. The number of para-hydroxylation sites is 1. The molecule has 0 bridgehead atoms. The molecule has 0 fully saturated rings. The summed E-state index contributed by atoms with van der Waals surface area (Å²) in [7, 11) is 0. The van der Waals surface area contributed by atoms with Gasteiger partial charge in [0.05, 0.1) is 0 Å². The van der Waals surface area contributed by atoms with Crippen molar-refractivity contribution in [3.63, 3.8) is 0 Å². The summed E-state index contributed by atoms with van der Waals surface area (Å²) in [5.41, 5.74) is 6.18. The van der Waals surface area contributed by atoms with Gasteiger partial charge in [-0.3, -0.25) is 0 Å². The summed E-state index contributed by atoms with van der Waals surface area (Å²) >= 11 is 0. The average molecular weight is 426 g/mol. The molecule has 160 valence electrons. The molecule has 1 aliphatic rings. The highest BCUT2D eigenvalue weighted by Gasteiger charge is 2.30. The van der Waals surface area contributed by atoms with Gasteiger partial charge in [0.1, 0.15) is 12.6 Å². The Morgan fingerprint density at radius 1 is 0.938 bits per heavy atom. The summed E-state index contributed by atoms with van der Waals surface area (Å²) in [5, 5.41) is 13.2. The lowest BCUT2D eigenvalue weighted by atomic mass is 9.98. The minimum atomic E-state index is -1.11. The van der Waals surface area contributed by atoms with E-state index in [0.29, 0.717) is 0 Å². The van der Waals surface area contributed by atoms with E-state index < -0.39 is 18.1 Å². The number of alkyl carbamates (subject to hydrolysis) is 1. The number of aromatic nitrogens is 1. The molecular weight excluding hydrogens is 404 g/mol. The first-order valence-corrected chi connectivity index (χ1v) is 10.5. The van der Waals surface area contributed by atoms with Crippen molar-refractivity contribution in [1.82, 2.24) is 10.3 Å². The fourth-order valence-electron chi connectivity index (χ4n) is 4.52. The van der Waals surface area contributed by atoms with Crippen molar-refractivity contribution in [2.24, 2.45) is 0 Å². The van der Waals surface area contributed by atoms with Crippen LogP contribution in [0.2, 0.25) is 0 Å². The maximum atomic E-state index is 12.5. The first-order valence-electron chi connectivity index (χ1n) is 10.5. The van der Waals surface area contributed by atoms with Crippen LogP contribution in [-0.4, -0.2) is 34.8 Å². The summed E-state index contributed by atoms with van der Waals surface area (Å²) in [6.07, 6.45) is 1.22. The van der Waals surface area contributed by atoms with Crippen LogP contribution in [0.5, 0.6) is 0 Å². The standard InChI is InChI=1S/C26H22N2O4/c29-25(30)23(14-17-7-5-6-16-12-13-27-24(16)17)28-26(31)32-15-22-20-10-3-1-8-18(20)19-9-2-4-11-21(19)22/h1-13,22-23,27H,14-15H2,(H,28,31)(H,29,30). The van der Waals surface area contributed by atoms with Gasteiger partial charge in [0.15, 0.2) is 0 Å². The number of hydrogen-bond acceptors (Lipinski definition) is 3. The number of amides is 1. The predicted octanol–water partition coefficient (Wildman–Crippen LogP) is 4.70. The van der Waals surface area contributed by atoms with E-state index in [1.807, 2.05) is 66.9 Å². The Labute approximate surface area is 184 Å². The Bertz CT molecular complexity index is 1260. The number of fused-ring (bicyclic) bond motifs is 4. The summed E-state index contributed by atoms with van der Waals surface area (Å²) < 4.78 is 5.51. The minimum Gasteiger partial charge on any atom is -0.480 e. The third kappa shape index (κ3) is 3.60. The number of carbonyl (C=O) groups is 2. The molecule has 1 amide bonds. The van der Waals surface area contributed by atoms with Crippen LogP contribution in [0.25, 0.3) is 22.0 Å². The molecule has 0 saturated carbocycles. The Balaban J connectivity index is 1.29. The summed E-state index contributed by atoms with van der Waals surface area (Å²) in [6.45, 7) is 0.137. The Kier molecular flexibility index (Phi) is 5.11. The van der Waals surface area contributed by atoms with E-state index in [-0.39, 0.29) is 18.9 Å². The molecule has 1 unspecified atom stereocenters. The molecule has 0 radical (unpaired) electrons. The Morgan fingerprint density at radius 2 is 1.62 bits per heavy atom. The largest absolute Gasteiger partial charge is 0.480 e. The maximum Gasteiger partial charge on any atom is 0.407 e. The SMILES string of the molecule is O=C(NC(Cc1cccc2cc[nH]c12)C(=O)O)OCC1c2ccccc2-c2ccccc21. The number of benzene rings is 3. The number of nitrogens with one attached hydrogen (secondary N) is 2. The van der Waals surface area contributed by atoms with Crippen LogP contribution in [0, 0.1) is 0 Å². The Hall–Kier alpha value is -4.06. The monoisotopic (exact) mass is 426 g/mol. The van der Waals surface area contributed by atoms with Crippen LogP contribution in [0.3, 0.4) is 0 Å². The van der Waals surface area contributed by atoms with E-state index in [9.17, 15) is 14.7 Å². The van der Waals surface area contributed by atoms with Gasteiger partial charge in [-0.15, -0.1) is 0 Å². The van der Waals surface area contributed by atoms with Crippen LogP contribution in [0.15, 0.2) is 79.0 Å². The molecular formula is C26H22N2O4. The molecule has 0 aliphatic heterocycles. The van der Waals surface area contributed by atoms with E-state index in [1.165, 1.54) is 0 Å². The van der Waals surface area contributed by atoms with Crippen LogP contribution >= 0.6 is 0 Å². The summed E-state index contributed by atoms with van der Waals surface area (Å²) in [6, 6.07) is 22.6. The number of aromatic amines is 1. The first kappa shape index (κ1) is 19.9. The number of carboxylic acids is 1. The fourth-order valence-corrected chi connectivity index (χ4v) is 4.52. The number of carboxylic acid groups (broad SMARTS) is 1. The molecule has 0 saturated heterocycles. The maximum absolute atomic E-state index is 12.5. The van der Waals surface area contributed by atoms with E-state index in [0.717, 1.165) is 38.7 Å². The van der Waals surface area contributed by atoms with Crippen molar-refractivity contribution in [2.75, 3.05) is 6.61 Å². The highest BCUT2D eigenvalue weighted by Crippen LogP contribution is 2.44. The van der Waals surface area contributed by atoms with Crippen LogP contribution < -0.4 is 5.32 Å². The Morgan fingerprint density at radius 3 is 2.31 bits per heavy atom. The normalized spacial score (nSPS) is 13.4. The molecule has 3 aromatic carbocycles. The third-order valence-corrected chi connectivity index (χ3v) is 6.03. The zero-order chi connectivity index (χ0) is 22.1. The number of H-pyrrole nitrogens is 1. The quantitative estimate of drug-likeness (QED) is 0.417. The van der Waals surface area contributed by atoms with E-state index >= 15 is 0 Å². The van der Waals surface area contributed by atoms with Gasteiger partial charge >= 0.3 is 12.1 Å². The molecule has 32 heavy (non-hydrogen) atoms. The van der Waals surface area contributed by atoms with Crippen LogP contribution in [0.1, 0.15) is 22.6 Å². The van der Waals surface area contributed by atoms with Crippen molar-refractivity contribution in [3.8, 4) is 11.1 Å². The van der Waals surface area contributed by atoms with Crippen molar-refractivity contribution in [2.45, 2.75) is 18.4 Å². The molecule has 1 heterocycles. The van der Waals surface area contributed by atoms with Crippen LogP contribution in [0.4, 0.5) is 4.79 Å². The molecule has 1 aliphatic carbocycles. The lowest BCUT2D eigenvalue weighted by Crippen LogP contribution is -2.43. The molecule has 3 N–H and O–H groups in total. The van der Waals surface area contributed by atoms with Crippen molar-refractivity contribution in [1.29, 1.82) is 0 Å². The average Bonchev–Trinajstić information content (AvgIpc) is 3.41. The lowest BCUT2D eigenvalue weighted by Gasteiger charge is -2.18. The van der Waals surface area contributed by atoms with Gasteiger partial charge in [0.2, 0.25) is 0 Å². The topological polar surface area (TPSA) is 91.4 Å². The third-order valence-electron chi connectivity index (χ3n) is 6.03. The molecule has 0 spiro atoms. The van der Waals surface area contributed by atoms with Gasteiger partial charge in [-0.05, 0) is 39.3 Å². The zero-order valence-electron chi connectivity index (χ0n) is 17.2. The minimum absolute atomic E-state index is 0.0795. The highest BCUT2D eigenvalue weighted by atomic mass is 16.5. The number of hydrogen-bond donors (Lipinski definition) is 3. The van der Waals surface area contributed by atoms with Gasteiger partial charge < -0.3 is 20.1 Å². The lowest BCUT2D eigenvalue weighted by molar-refractivity contribution is -0.139. The summed E-state index contributed by atoms with van der Waals surface area (Å²) in [4.78, 5) is 27.5. The number of aliphatic carboxylic acids is 1. The highest BCUT2D eigenvalue weighted by molar-refractivity contribution is 5.85. The second kappa shape index (κ2) is 8.23. The molecule has 6 heteroatoms. The van der Waals surface area contributed by atoms with E-state index in [4.69, 9.17) is 4.74 Å². The molecule has 4 aromatic rings. The number of carbonyl (C=O) groups excluding carboxylic acids is 1. The van der Waals surface area contributed by atoms with Gasteiger partial charge in [-0.25, -0.2) is 9.59 Å². The second-order valence-electron chi connectivity index (χ2n) is 7.92. The smallest absolute Gasteiger partial charge is 0.407 e. The van der Waals surface area contributed by atoms with Gasteiger partial charge in [-0.2, -0.15) is 0 Å². The molecule has 1 aromatic heterocycles. The van der Waals surface area contributed by atoms with Crippen molar-refractivity contribution in [3.05, 3.63) is 95.7 Å². The second-order valence-corrected chi connectivity index (χ2v) is 7.92. The van der Waals surface area contributed by atoms with Crippen molar-refractivity contribution < 1.29 is 19.4 Å². The summed E-state index contributed by atoms with van der Waals surface area (Å²) in [5.74, 6) is -1.19. The van der Waals surface area contributed by atoms with Crippen molar-refractivity contribution >= 4 is 23.0 Å². The van der Waals surface area contributed by atoms with Crippen LogP contribution in [-0.2, 0) is 16.0 Å². The zero-order valence-corrected chi connectivity index (χ0v) is 17.2. The molecule has 5 rings (SSSR count). The predicted molar refractivity (Wildman–Crippen MR) is 122 cm³/mol. The van der Waals surface area contributed by atoms with E-state index in [2.05, 4.69) is 22.4 Å². The van der Waals surface area contributed by atoms with Gasteiger partial charge in [0, 0.05) is 24.1 Å². The number of ether oxygens (including phenoxy) is 1. The van der Waals surface area contributed by atoms with E-state index in [1.54, 1.807) is 0 Å². The van der Waals surface area contributed by atoms with Gasteiger partial charge in [0.25, 0.3) is 0 Å². The number of rotatable bonds is 6. The van der Waals surface area contributed by atoms with Gasteiger partial charge in [-0.1, -0.05) is 66.7 Å². The fraction of sp³-hybridized carbons (Fsp3) is 0.154. The molecule has 1 atom stereocenters.